The molecule has 0 bridgehead atoms. The second-order valence-electron chi connectivity index (χ2n) is 15.7. The maximum Gasteiger partial charge on any atom is 0.294 e. The van der Waals surface area contributed by atoms with Gasteiger partial charge in [0.2, 0.25) is 0 Å². The van der Waals surface area contributed by atoms with Crippen LogP contribution in [0.15, 0.2) is 35.2 Å². The second-order valence-corrected chi connectivity index (χ2v) is 17.1. The summed E-state index contributed by atoms with van der Waals surface area (Å²) in [5.41, 5.74) is 2.81. The molecule has 0 spiro atoms. The minimum Gasteiger partial charge on any atom is -0.282 e. The molecule has 288 valence electrons. The number of aryl methyl sites for hydroxylation is 2. The van der Waals surface area contributed by atoms with Gasteiger partial charge < -0.3 is 0 Å². The minimum absolute atomic E-state index is 0.0103. The van der Waals surface area contributed by atoms with E-state index in [1.54, 1.807) is 6.07 Å². The van der Waals surface area contributed by atoms with E-state index in [0.717, 1.165) is 23.6 Å². The average Bonchev–Trinajstić information content (AvgIpc) is 3.10. The molecule has 0 radical (unpaired) electrons. The van der Waals surface area contributed by atoms with Gasteiger partial charge in [0.1, 0.15) is 0 Å². The minimum atomic E-state index is -4.20. The van der Waals surface area contributed by atoms with E-state index in [1.165, 1.54) is 223 Å². The first-order valence-corrected chi connectivity index (χ1v) is 23.4. The Morgan fingerprint density at radius 3 is 0.960 bits per heavy atom. The van der Waals surface area contributed by atoms with Crippen molar-refractivity contribution in [2.45, 2.75) is 237 Å². The Morgan fingerprint density at radius 2 is 0.660 bits per heavy atom. The number of benzene rings is 2. The molecule has 2 aromatic carbocycles. The van der Waals surface area contributed by atoms with E-state index < -0.39 is 10.1 Å². The molecular formula is C46H80O3S. The Morgan fingerprint density at radius 1 is 0.380 bits per heavy atom. The normalized spacial score (nSPS) is 12.0. The van der Waals surface area contributed by atoms with Crippen molar-refractivity contribution in [3.63, 3.8) is 0 Å². The molecule has 1 N–H and O–H groups in total. The Kier molecular flexibility index (Phi) is 27.0. The van der Waals surface area contributed by atoms with Crippen LogP contribution in [0.4, 0.5) is 0 Å². The van der Waals surface area contributed by atoms with Gasteiger partial charge in [-0.05, 0) is 59.7 Å². The SMILES string of the molecule is CCCCCCCCCCCCCCCCCCc1cc2ccc(S(=O)(=O)O)cc2cc1CCCCCCCCCCCCCCCCCC. The van der Waals surface area contributed by atoms with Crippen molar-refractivity contribution in [3.05, 3.63) is 41.5 Å². The third-order valence-corrected chi connectivity index (χ3v) is 11.9. The molecule has 0 aliphatic rings. The molecule has 2 aromatic rings. The summed E-state index contributed by atoms with van der Waals surface area (Å²) in [7, 11) is -4.20. The van der Waals surface area contributed by atoms with Gasteiger partial charge in [0, 0.05) is 0 Å². The molecule has 0 saturated carbocycles. The highest BCUT2D eigenvalue weighted by Gasteiger charge is 2.12. The number of unbranched alkanes of at least 4 members (excludes halogenated alkanes) is 30. The van der Waals surface area contributed by atoms with Crippen LogP contribution in [0.2, 0.25) is 0 Å². The van der Waals surface area contributed by atoms with E-state index in [0.29, 0.717) is 0 Å². The van der Waals surface area contributed by atoms with Crippen LogP contribution in [0.3, 0.4) is 0 Å². The van der Waals surface area contributed by atoms with Crippen LogP contribution < -0.4 is 0 Å². The molecule has 0 saturated heterocycles. The predicted octanol–water partition coefficient (Wildman–Crippen LogP) is 15.7. The maximum absolute atomic E-state index is 11.8. The zero-order chi connectivity index (χ0) is 36.0. The van der Waals surface area contributed by atoms with Gasteiger partial charge in [0.15, 0.2) is 0 Å². The van der Waals surface area contributed by atoms with E-state index in [-0.39, 0.29) is 4.90 Å². The molecule has 0 aliphatic heterocycles. The molecule has 0 unspecified atom stereocenters. The third kappa shape index (κ3) is 22.5. The summed E-state index contributed by atoms with van der Waals surface area (Å²) >= 11 is 0. The summed E-state index contributed by atoms with van der Waals surface area (Å²) < 4.78 is 33.2. The highest BCUT2D eigenvalue weighted by atomic mass is 32.2. The van der Waals surface area contributed by atoms with Crippen molar-refractivity contribution in [1.82, 2.24) is 0 Å². The Labute approximate surface area is 311 Å². The Bertz CT molecular complexity index is 1190. The highest BCUT2D eigenvalue weighted by Crippen LogP contribution is 2.27. The van der Waals surface area contributed by atoms with Crippen LogP contribution in [-0.2, 0) is 23.0 Å². The summed E-state index contributed by atoms with van der Waals surface area (Å²) in [6.07, 6.45) is 46.4. The molecule has 3 nitrogen and oxygen atoms in total. The molecule has 0 atom stereocenters. The Hall–Kier alpha value is -1.39. The molecule has 0 aliphatic carbocycles. The summed E-state index contributed by atoms with van der Waals surface area (Å²) in [6.45, 7) is 4.58. The summed E-state index contributed by atoms with van der Waals surface area (Å²) in [5, 5.41) is 1.99. The quantitative estimate of drug-likeness (QED) is 0.0572. The molecule has 50 heavy (non-hydrogen) atoms. The lowest BCUT2D eigenvalue weighted by Gasteiger charge is -2.13. The fourth-order valence-electron chi connectivity index (χ4n) is 7.72. The lowest BCUT2D eigenvalue weighted by molar-refractivity contribution is 0.483. The predicted molar refractivity (Wildman–Crippen MR) is 220 cm³/mol. The van der Waals surface area contributed by atoms with Crippen LogP contribution in [0.5, 0.6) is 0 Å². The molecule has 2 rings (SSSR count). The maximum atomic E-state index is 11.8. The standard InChI is InChI=1S/C46H80O3S/c1-3-5-7-9-11-13-15-17-19-21-23-25-27-29-31-33-35-42-39-44-37-38-46(50(47,48)49)41-45(44)40-43(42)36-34-32-30-28-26-24-22-20-18-16-14-12-10-8-6-4-2/h37-41H,3-36H2,1-2H3,(H,47,48,49). The van der Waals surface area contributed by atoms with E-state index in [2.05, 4.69) is 26.0 Å². The molecular weight excluding hydrogens is 633 g/mol. The molecule has 0 amide bonds. The van der Waals surface area contributed by atoms with Gasteiger partial charge in [0.05, 0.1) is 4.90 Å². The average molecular weight is 713 g/mol. The summed E-state index contributed by atoms with van der Waals surface area (Å²) in [5.74, 6) is 0. The summed E-state index contributed by atoms with van der Waals surface area (Å²) in [4.78, 5) is -0.0103. The largest absolute Gasteiger partial charge is 0.294 e. The topological polar surface area (TPSA) is 54.4 Å². The number of rotatable bonds is 35. The van der Waals surface area contributed by atoms with Gasteiger partial charge in [-0.15, -0.1) is 0 Å². The zero-order valence-electron chi connectivity index (χ0n) is 33.1. The molecule has 0 fully saturated rings. The van der Waals surface area contributed by atoms with Crippen molar-refractivity contribution >= 4 is 20.9 Å². The Balaban J connectivity index is 1.64. The van der Waals surface area contributed by atoms with E-state index >= 15 is 0 Å². The lowest BCUT2D eigenvalue weighted by Crippen LogP contribution is -1.99. The van der Waals surface area contributed by atoms with Crippen LogP contribution >= 0.6 is 0 Å². The van der Waals surface area contributed by atoms with Crippen LogP contribution in [0.1, 0.15) is 230 Å². The molecule has 0 aromatic heterocycles. The van der Waals surface area contributed by atoms with Gasteiger partial charge in [-0.3, -0.25) is 4.55 Å². The van der Waals surface area contributed by atoms with Crippen LogP contribution in [-0.4, -0.2) is 13.0 Å². The van der Waals surface area contributed by atoms with E-state index in [1.807, 2.05) is 6.07 Å². The number of fused-ring (bicyclic) bond motifs is 1. The number of hydrogen-bond acceptors (Lipinski definition) is 2. The van der Waals surface area contributed by atoms with E-state index in [9.17, 15) is 13.0 Å². The van der Waals surface area contributed by atoms with Gasteiger partial charge in [0.25, 0.3) is 10.1 Å². The zero-order valence-corrected chi connectivity index (χ0v) is 33.9. The number of hydrogen-bond donors (Lipinski definition) is 1. The van der Waals surface area contributed by atoms with Crippen molar-refractivity contribution in [2.75, 3.05) is 0 Å². The van der Waals surface area contributed by atoms with Crippen molar-refractivity contribution < 1.29 is 13.0 Å². The summed E-state index contributed by atoms with van der Waals surface area (Å²) in [6, 6.07) is 9.52. The second kappa shape index (κ2) is 30.1. The fourth-order valence-corrected chi connectivity index (χ4v) is 8.24. The van der Waals surface area contributed by atoms with Crippen LogP contribution in [0, 0.1) is 0 Å². The fraction of sp³-hybridized carbons (Fsp3) is 0.783. The lowest BCUT2D eigenvalue weighted by atomic mass is 9.93. The monoisotopic (exact) mass is 713 g/mol. The van der Waals surface area contributed by atoms with Crippen LogP contribution in [0.25, 0.3) is 10.8 Å². The first-order valence-electron chi connectivity index (χ1n) is 22.0. The van der Waals surface area contributed by atoms with Crippen molar-refractivity contribution in [1.29, 1.82) is 0 Å². The van der Waals surface area contributed by atoms with Gasteiger partial charge in [-0.25, -0.2) is 0 Å². The molecule has 0 heterocycles. The van der Waals surface area contributed by atoms with Gasteiger partial charge in [-0.1, -0.05) is 225 Å². The smallest absolute Gasteiger partial charge is 0.282 e. The third-order valence-electron chi connectivity index (χ3n) is 11.0. The van der Waals surface area contributed by atoms with E-state index in [4.69, 9.17) is 0 Å². The van der Waals surface area contributed by atoms with Gasteiger partial charge >= 0.3 is 0 Å². The highest BCUT2D eigenvalue weighted by molar-refractivity contribution is 7.85. The first kappa shape index (κ1) is 44.8. The molecule has 4 heteroatoms. The van der Waals surface area contributed by atoms with Gasteiger partial charge in [-0.2, -0.15) is 8.42 Å². The van der Waals surface area contributed by atoms with Crippen molar-refractivity contribution in [2.24, 2.45) is 0 Å². The van der Waals surface area contributed by atoms with Crippen molar-refractivity contribution in [3.8, 4) is 0 Å². The first-order chi connectivity index (χ1) is 24.5.